The lowest BCUT2D eigenvalue weighted by Gasteiger charge is -2.11. The van der Waals surface area contributed by atoms with Crippen molar-refractivity contribution in [3.05, 3.63) is 33.3 Å². The van der Waals surface area contributed by atoms with Crippen LogP contribution in [0.25, 0.3) is 0 Å². The van der Waals surface area contributed by atoms with E-state index < -0.39 is 0 Å². The number of rotatable bonds is 1. The first-order valence-corrected chi connectivity index (χ1v) is 6.02. The van der Waals surface area contributed by atoms with E-state index in [0.29, 0.717) is 12.0 Å². The van der Waals surface area contributed by atoms with Gasteiger partial charge < -0.3 is 5.32 Å². The second kappa shape index (κ2) is 4.21. The summed E-state index contributed by atoms with van der Waals surface area (Å²) in [6.07, 6.45) is 1.19. The molecule has 0 aliphatic carbocycles. The number of benzene rings is 1. The van der Waals surface area contributed by atoms with Gasteiger partial charge in [-0.3, -0.25) is 0 Å². The van der Waals surface area contributed by atoms with E-state index in [9.17, 15) is 0 Å². The molecule has 0 amide bonds. The van der Waals surface area contributed by atoms with Crippen LogP contribution in [0.1, 0.15) is 24.8 Å². The van der Waals surface area contributed by atoms with Crippen LogP contribution in [-0.4, -0.2) is 12.6 Å². The van der Waals surface area contributed by atoms with Gasteiger partial charge in [0.2, 0.25) is 0 Å². The van der Waals surface area contributed by atoms with E-state index in [1.165, 1.54) is 16.5 Å². The second-order valence-corrected chi connectivity index (χ2v) is 5.20. The minimum Gasteiger partial charge on any atom is -0.314 e. The Morgan fingerprint density at radius 3 is 2.93 bits per heavy atom. The Hall–Kier alpha value is -0.0500. The molecule has 0 saturated carbocycles. The molecule has 1 aliphatic heterocycles. The Labute approximate surface area is 98.0 Å². The fourth-order valence-electron chi connectivity index (χ4n) is 2.00. The molecule has 2 rings (SSSR count). The molecule has 1 N–H and O–H groups in total. The summed E-state index contributed by atoms with van der Waals surface area (Å²) in [6, 6.07) is 6.63. The maximum atomic E-state index is 5.99. The van der Waals surface area contributed by atoms with Crippen molar-refractivity contribution in [1.29, 1.82) is 0 Å². The Bertz CT molecular complexity index is 340. The highest BCUT2D eigenvalue weighted by atomic mass is 79.9. The van der Waals surface area contributed by atoms with Gasteiger partial charge in [-0.15, -0.1) is 0 Å². The number of halogens is 2. The zero-order valence-electron chi connectivity index (χ0n) is 8.06. The van der Waals surface area contributed by atoms with Crippen molar-refractivity contribution in [2.45, 2.75) is 25.3 Å². The second-order valence-electron chi connectivity index (χ2n) is 3.91. The smallest absolute Gasteiger partial charge is 0.0409 e. The summed E-state index contributed by atoms with van der Waals surface area (Å²) in [7, 11) is 0. The van der Waals surface area contributed by atoms with Gasteiger partial charge in [0.05, 0.1) is 0 Å². The Kier molecular flexibility index (Phi) is 3.15. The highest BCUT2D eigenvalue weighted by Gasteiger charge is 2.23. The maximum Gasteiger partial charge on any atom is 0.0409 e. The van der Waals surface area contributed by atoms with Crippen LogP contribution in [0, 0.1) is 0 Å². The molecule has 1 fully saturated rings. The molecule has 2 unspecified atom stereocenters. The molecule has 1 saturated heterocycles. The monoisotopic (exact) mass is 273 g/mol. The normalized spacial score (nSPS) is 26.8. The van der Waals surface area contributed by atoms with Gasteiger partial charge >= 0.3 is 0 Å². The third-order valence-electron chi connectivity index (χ3n) is 2.75. The molecule has 1 nitrogen and oxygen atoms in total. The first kappa shape index (κ1) is 10.5. The van der Waals surface area contributed by atoms with Gasteiger partial charge in [-0.25, -0.2) is 0 Å². The van der Waals surface area contributed by atoms with E-state index >= 15 is 0 Å². The first-order chi connectivity index (χ1) is 6.66. The van der Waals surface area contributed by atoms with Crippen molar-refractivity contribution < 1.29 is 0 Å². The van der Waals surface area contributed by atoms with Gasteiger partial charge in [0, 0.05) is 22.1 Å². The predicted molar refractivity (Wildman–Crippen MR) is 64.0 cm³/mol. The van der Waals surface area contributed by atoms with E-state index in [2.05, 4.69) is 34.2 Å². The van der Waals surface area contributed by atoms with E-state index in [-0.39, 0.29) is 0 Å². The lowest BCUT2D eigenvalue weighted by molar-refractivity contribution is 0.658. The zero-order chi connectivity index (χ0) is 10.1. The summed E-state index contributed by atoms with van der Waals surface area (Å²) >= 11 is 9.56. The van der Waals surface area contributed by atoms with Crippen LogP contribution in [0.15, 0.2) is 22.7 Å². The molecule has 76 valence electrons. The van der Waals surface area contributed by atoms with Crippen LogP contribution in [0.2, 0.25) is 5.02 Å². The lowest BCUT2D eigenvalue weighted by Crippen LogP contribution is -2.16. The van der Waals surface area contributed by atoms with Crippen LogP contribution in [0.3, 0.4) is 0 Å². The molecule has 1 aromatic carbocycles. The molecule has 3 heteroatoms. The summed E-state index contributed by atoms with van der Waals surface area (Å²) in [5.74, 6) is 0.595. The van der Waals surface area contributed by atoms with Gasteiger partial charge in [0.1, 0.15) is 0 Å². The van der Waals surface area contributed by atoms with E-state index in [1.54, 1.807) is 0 Å². The van der Waals surface area contributed by atoms with Gasteiger partial charge in [-0.05, 0) is 43.0 Å². The number of hydrogen-bond donors (Lipinski definition) is 1. The topological polar surface area (TPSA) is 12.0 Å². The molecule has 1 aromatic rings. The maximum absolute atomic E-state index is 5.99. The number of nitrogens with one attached hydrogen (secondary N) is 1. The van der Waals surface area contributed by atoms with Crippen LogP contribution >= 0.6 is 27.5 Å². The van der Waals surface area contributed by atoms with Crippen molar-refractivity contribution in [3.63, 3.8) is 0 Å². The summed E-state index contributed by atoms with van der Waals surface area (Å²) in [5.41, 5.74) is 1.33. The molecule has 0 bridgehead atoms. The van der Waals surface area contributed by atoms with Gasteiger partial charge in [0.25, 0.3) is 0 Å². The zero-order valence-corrected chi connectivity index (χ0v) is 10.4. The van der Waals surface area contributed by atoms with Crippen molar-refractivity contribution in [3.8, 4) is 0 Å². The van der Waals surface area contributed by atoms with Gasteiger partial charge in [-0.1, -0.05) is 27.5 Å². The van der Waals surface area contributed by atoms with Crippen LogP contribution < -0.4 is 5.32 Å². The molecular formula is C11H13BrClN. The van der Waals surface area contributed by atoms with E-state index in [1.807, 2.05) is 12.1 Å². The van der Waals surface area contributed by atoms with Crippen molar-refractivity contribution in [2.75, 3.05) is 6.54 Å². The van der Waals surface area contributed by atoms with Crippen molar-refractivity contribution in [2.24, 2.45) is 0 Å². The standard InChI is InChI=1S/C11H13BrClN/c1-7-4-8(6-14-7)10-5-9(13)2-3-11(10)12/h2-3,5,7-8,14H,4,6H2,1H3. The minimum absolute atomic E-state index is 0.595. The Morgan fingerprint density at radius 1 is 1.50 bits per heavy atom. The largest absolute Gasteiger partial charge is 0.314 e. The Balaban J connectivity index is 2.27. The highest BCUT2D eigenvalue weighted by molar-refractivity contribution is 9.10. The molecule has 1 heterocycles. The number of hydrogen-bond acceptors (Lipinski definition) is 1. The average molecular weight is 275 g/mol. The summed E-state index contributed by atoms with van der Waals surface area (Å²) in [4.78, 5) is 0. The minimum atomic E-state index is 0.595. The highest BCUT2D eigenvalue weighted by Crippen LogP contribution is 2.32. The third-order valence-corrected chi connectivity index (χ3v) is 3.71. The summed E-state index contributed by atoms with van der Waals surface area (Å²) < 4.78 is 1.17. The van der Waals surface area contributed by atoms with Crippen LogP contribution in [-0.2, 0) is 0 Å². The molecule has 14 heavy (non-hydrogen) atoms. The molecule has 1 aliphatic rings. The van der Waals surface area contributed by atoms with E-state index in [4.69, 9.17) is 11.6 Å². The predicted octanol–water partition coefficient (Wildman–Crippen LogP) is 3.57. The fraction of sp³-hybridized carbons (Fsp3) is 0.455. The molecule has 2 atom stereocenters. The molecule has 0 radical (unpaired) electrons. The van der Waals surface area contributed by atoms with Gasteiger partial charge in [-0.2, -0.15) is 0 Å². The van der Waals surface area contributed by atoms with Crippen molar-refractivity contribution >= 4 is 27.5 Å². The molecule has 0 aromatic heterocycles. The van der Waals surface area contributed by atoms with Crippen molar-refractivity contribution in [1.82, 2.24) is 5.32 Å². The van der Waals surface area contributed by atoms with E-state index in [0.717, 1.165) is 11.6 Å². The summed E-state index contributed by atoms with van der Waals surface area (Å²) in [5, 5.41) is 4.27. The summed E-state index contributed by atoms with van der Waals surface area (Å²) in [6.45, 7) is 3.28. The lowest BCUT2D eigenvalue weighted by atomic mass is 9.97. The molecule has 0 spiro atoms. The average Bonchev–Trinajstić information content (AvgIpc) is 2.56. The molecular weight excluding hydrogens is 261 g/mol. The van der Waals surface area contributed by atoms with Crippen LogP contribution in [0.5, 0.6) is 0 Å². The SMILES string of the molecule is CC1CC(c2cc(Cl)ccc2Br)CN1. The Morgan fingerprint density at radius 2 is 2.29 bits per heavy atom. The fourth-order valence-corrected chi connectivity index (χ4v) is 2.75. The quantitative estimate of drug-likeness (QED) is 0.825. The van der Waals surface area contributed by atoms with Gasteiger partial charge in [0.15, 0.2) is 0 Å². The van der Waals surface area contributed by atoms with Crippen LogP contribution in [0.4, 0.5) is 0 Å². The first-order valence-electron chi connectivity index (χ1n) is 4.85. The third kappa shape index (κ3) is 2.13.